The van der Waals surface area contributed by atoms with Gasteiger partial charge in [-0.3, -0.25) is 24.3 Å². The Hall–Kier alpha value is -2.94. The van der Waals surface area contributed by atoms with Gasteiger partial charge in [-0.25, -0.2) is 0 Å². The van der Waals surface area contributed by atoms with Crippen LogP contribution in [0.1, 0.15) is 53.5 Å². The summed E-state index contributed by atoms with van der Waals surface area (Å²) >= 11 is 3.35. The number of amides is 1. The molecule has 9 heteroatoms. The largest absolute Gasteiger partial charge is 0.461 e. The van der Waals surface area contributed by atoms with Gasteiger partial charge >= 0.3 is 5.97 Å². The van der Waals surface area contributed by atoms with Gasteiger partial charge in [-0.15, -0.1) is 0 Å². The van der Waals surface area contributed by atoms with E-state index in [1.807, 2.05) is 6.07 Å². The highest BCUT2D eigenvalue weighted by Gasteiger charge is 2.35. The van der Waals surface area contributed by atoms with Gasteiger partial charge in [0.05, 0.1) is 4.47 Å². The molecule has 0 bridgehead atoms. The number of aryl methyl sites for hydroxylation is 2. The van der Waals surface area contributed by atoms with Crippen molar-refractivity contribution in [3.05, 3.63) is 61.2 Å². The Balaban J connectivity index is 1.56. The van der Waals surface area contributed by atoms with Crippen LogP contribution in [0.3, 0.4) is 0 Å². The Morgan fingerprint density at radius 1 is 1.15 bits per heavy atom. The molecule has 34 heavy (non-hydrogen) atoms. The van der Waals surface area contributed by atoms with Crippen molar-refractivity contribution in [1.29, 1.82) is 0 Å². The third kappa shape index (κ3) is 3.96. The maximum absolute atomic E-state index is 13.7. The quantitative estimate of drug-likeness (QED) is 0.575. The minimum Gasteiger partial charge on any atom is -0.461 e. The Morgan fingerprint density at radius 2 is 1.94 bits per heavy atom. The lowest BCUT2D eigenvalue weighted by molar-refractivity contribution is -0.139. The number of aliphatic imine (C=N–C) groups is 1. The van der Waals surface area contributed by atoms with E-state index in [1.54, 1.807) is 24.2 Å². The number of fused-ring (bicyclic) bond motifs is 3. The lowest BCUT2D eigenvalue weighted by atomic mass is 9.94. The Morgan fingerprint density at radius 3 is 2.71 bits per heavy atom. The lowest BCUT2D eigenvalue weighted by Crippen LogP contribution is -2.46. The van der Waals surface area contributed by atoms with Crippen LogP contribution in [-0.2, 0) is 36.0 Å². The number of amidine groups is 1. The van der Waals surface area contributed by atoms with Crippen molar-refractivity contribution in [3.8, 4) is 0 Å². The molecule has 0 fully saturated rings. The van der Waals surface area contributed by atoms with Crippen LogP contribution in [0.15, 0.2) is 38.2 Å². The van der Waals surface area contributed by atoms with Gasteiger partial charge in [0.15, 0.2) is 0 Å². The van der Waals surface area contributed by atoms with E-state index in [9.17, 15) is 14.4 Å². The summed E-state index contributed by atoms with van der Waals surface area (Å²) < 4.78 is 9.56. The van der Waals surface area contributed by atoms with Gasteiger partial charge in [-0.1, -0.05) is 0 Å². The van der Waals surface area contributed by atoms with Crippen LogP contribution >= 0.6 is 15.9 Å². The van der Waals surface area contributed by atoms with Crippen molar-refractivity contribution in [2.45, 2.75) is 45.6 Å². The third-order valence-electron chi connectivity index (χ3n) is 6.84. The monoisotopic (exact) mass is 526 g/mol. The summed E-state index contributed by atoms with van der Waals surface area (Å²) in [4.78, 5) is 44.0. The highest BCUT2D eigenvalue weighted by atomic mass is 79.9. The molecular weight excluding hydrogens is 500 g/mol. The van der Waals surface area contributed by atoms with Crippen LogP contribution in [0, 0.1) is 0 Å². The van der Waals surface area contributed by atoms with E-state index in [0.29, 0.717) is 41.1 Å². The first kappa shape index (κ1) is 22.8. The topological polar surface area (TPSA) is 85.9 Å². The first-order valence-electron chi connectivity index (χ1n) is 11.6. The smallest absolute Gasteiger partial charge is 0.302 e. The highest BCUT2D eigenvalue weighted by molar-refractivity contribution is 9.10. The predicted octanol–water partition coefficient (Wildman–Crippen LogP) is 3.10. The summed E-state index contributed by atoms with van der Waals surface area (Å²) in [7, 11) is 1.70. The van der Waals surface area contributed by atoms with E-state index in [-0.39, 0.29) is 18.1 Å². The summed E-state index contributed by atoms with van der Waals surface area (Å²) in [5.41, 5.74) is 5.64. The van der Waals surface area contributed by atoms with Crippen molar-refractivity contribution >= 4 is 39.2 Å². The van der Waals surface area contributed by atoms with Gasteiger partial charge in [-0.05, 0) is 76.9 Å². The van der Waals surface area contributed by atoms with Crippen molar-refractivity contribution in [2.75, 3.05) is 19.7 Å². The van der Waals surface area contributed by atoms with E-state index >= 15 is 0 Å². The molecule has 1 amide bonds. The van der Waals surface area contributed by atoms with E-state index in [4.69, 9.17) is 9.73 Å². The average Bonchev–Trinajstić information content (AvgIpc) is 3.21. The molecule has 8 nitrogen and oxygen atoms in total. The summed E-state index contributed by atoms with van der Waals surface area (Å²) in [5, 5.41) is 0. The Labute approximate surface area is 206 Å². The van der Waals surface area contributed by atoms with E-state index in [2.05, 4.69) is 20.5 Å². The summed E-state index contributed by atoms with van der Waals surface area (Å²) in [5.74, 6) is 0.0930. The molecular formula is C25H27BrN4O4. The summed E-state index contributed by atoms with van der Waals surface area (Å²) in [6.45, 7) is 3.13. The van der Waals surface area contributed by atoms with Crippen LogP contribution in [0.25, 0.3) is 5.57 Å². The van der Waals surface area contributed by atoms with Crippen LogP contribution in [0.2, 0.25) is 0 Å². The Bertz CT molecular complexity index is 1290. The zero-order valence-electron chi connectivity index (χ0n) is 19.4. The SMILES string of the molecule is CC(=O)OCC1=C(c2cc(Br)c(=O)n(C)c2)CCN=C1N1CCn2c(cc3c2CCCC3)C1=O. The maximum atomic E-state index is 13.7. The van der Waals surface area contributed by atoms with Crippen LogP contribution in [0.4, 0.5) is 0 Å². The van der Waals surface area contributed by atoms with Gasteiger partial charge < -0.3 is 13.9 Å². The molecule has 2 aromatic heterocycles. The standard InChI is InChI=1S/C25H27BrN4O4/c1-15(31)34-14-19-18(17-11-20(26)24(32)28(2)13-17)7-8-27-23(19)30-10-9-29-21-6-4-3-5-16(21)12-22(29)25(30)33/h11-13H,3-10,14H2,1-2H3. The van der Waals surface area contributed by atoms with E-state index in [0.717, 1.165) is 43.4 Å². The molecule has 0 saturated heterocycles. The normalized spacial score (nSPS) is 17.9. The van der Waals surface area contributed by atoms with Gasteiger partial charge in [0.2, 0.25) is 0 Å². The number of hydrogen-bond donors (Lipinski definition) is 0. The molecule has 0 N–H and O–H groups in total. The fourth-order valence-corrected chi connectivity index (χ4v) is 5.75. The van der Waals surface area contributed by atoms with Gasteiger partial charge in [0, 0.05) is 51.1 Å². The second-order valence-electron chi connectivity index (χ2n) is 9.00. The van der Waals surface area contributed by atoms with Gasteiger partial charge in [0.1, 0.15) is 18.1 Å². The van der Waals surface area contributed by atoms with E-state index < -0.39 is 5.97 Å². The number of carbonyl (C=O) groups is 2. The number of dihydropyridines is 1. The first-order valence-corrected chi connectivity index (χ1v) is 12.4. The summed E-state index contributed by atoms with van der Waals surface area (Å²) in [6.07, 6.45) is 6.76. The zero-order chi connectivity index (χ0) is 24.0. The molecule has 2 aromatic rings. The molecule has 1 aliphatic carbocycles. The van der Waals surface area contributed by atoms with Gasteiger partial charge in [0.25, 0.3) is 11.5 Å². The lowest BCUT2D eigenvalue weighted by Gasteiger charge is -2.33. The second kappa shape index (κ2) is 9.02. The number of nitrogens with zero attached hydrogens (tertiary/aromatic N) is 4. The molecule has 0 saturated carbocycles. The number of ether oxygens (including phenoxy) is 1. The Kier molecular flexibility index (Phi) is 6.06. The second-order valence-corrected chi connectivity index (χ2v) is 9.86. The molecule has 0 spiro atoms. The number of halogens is 1. The molecule has 0 aromatic carbocycles. The minimum atomic E-state index is -0.398. The maximum Gasteiger partial charge on any atom is 0.302 e. The van der Waals surface area contributed by atoms with Gasteiger partial charge in [-0.2, -0.15) is 0 Å². The van der Waals surface area contributed by atoms with Crippen molar-refractivity contribution in [2.24, 2.45) is 12.0 Å². The van der Waals surface area contributed by atoms with Crippen LogP contribution < -0.4 is 5.56 Å². The van der Waals surface area contributed by atoms with Crippen LogP contribution in [0.5, 0.6) is 0 Å². The molecule has 0 atom stereocenters. The molecule has 5 rings (SSSR count). The first-order chi connectivity index (χ1) is 16.3. The third-order valence-corrected chi connectivity index (χ3v) is 7.41. The van der Waals surface area contributed by atoms with Crippen molar-refractivity contribution in [1.82, 2.24) is 14.0 Å². The fourth-order valence-electron chi connectivity index (χ4n) is 5.22. The average molecular weight is 527 g/mol. The molecule has 2 aliphatic heterocycles. The van der Waals surface area contributed by atoms with Crippen molar-refractivity contribution < 1.29 is 14.3 Å². The van der Waals surface area contributed by atoms with Crippen molar-refractivity contribution in [3.63, 3.8) is 0 Å². The van der Waals surface area contributed by atoms with Crippen LogP contribution in [-0.4, -0.2) is 51.4 Å². The number of hydrogen-bond acceptors (Lipinski definition) is 5. The number of esters is 1. The number of aromatic nitrogens is 2. The van der Waals surface area contributed by atoms with E-state index in [1.165, 1.54) is 22.7 Å². The molecule has 0 radical (unpaired) electrons. The molecule has 3 aliphatic rings. The number of pyridine rings is 1. The molecule has 4 heterocycles. The highest BCUT2D eigenvalue weighted by Crippen LogP contribution is 2.32. The molecule has 178 valence electrons. The number of rotatable bonds is 3. The fraction of sp³-hybridized carbons (Fsp3) is 0.440. The predicted molar refractivity (Wildman–Crippen MR) is 132 cm³/mol. The summed E-state index contributed by atoms with van der Waals surface area (Å²) in [6, 6.07) is 3.83. The number of carbonyl (C=O) groups excluding carboxylic acids is 2. The molecule has 0 unspecified atom stereocenters. The minimum absolute atomic E-state index is 0.0191. The zero-order valence-corrected chi connectivity index (χ0v) is 21.0.